The van der Waals surface area contributed by atoms with Gasteiger partial charge in [0, 0.05) is 12.2 Å². The Kier molecular flexibility index (Phi) is 15.8. The average Bonchev–Trinajstić information content (AvgIpc) is 2.75. The normalized spacial score (nSPS) is 12.2. The van der Waals surface area contributed by atoms with Crippen LogP contribution >= 0.6 is 0 Å². The number of carbonyl (C=O) groups excluding carboxylic acids is 1. The van der Waals surface area contributed by atoms with Gasteiger partial charge in [-0.3, -0.25) is 4.79 Å². The van der Waals surface area contributed by atoms with Crippen molar-refractivity contribution in [3.8, 4) is 0 Å². The van der Waals surface area contributed by atoms with Gasteiger partial charge in [-0.1, -0.05) is 89.1 Å². The summed E-state index contributed by atoms with van der Waals surface area (Å²) in [6.07, 6.45) is 19.9. The monoisotopic (exact) mass is 415 g/mol. The van der Waals surface area contributed by atoms with Gasteiger partial charge < -0.3 is 10.1 Å². The quantitative estimate of drug-likeness (QED) is 0.150. The average molecular weight is 416 g/mol. The van der Waals surface area contributed by atoms with Crippen LogP contribution in [0.5, 0.6) is 0 Å². The second kappa shape index (κ2) is 18.0. The van der Waals surface area contributed by atoms with Gasteiger partial charge in [-0.25, -0.2) is 0 Å². The first-order valence-corrected chi connectivity index (χ1v) is 12.4. The van der Waals surface area contributed by atoms with E-state index in [4.69, 9.17) is 4.74 Å². The zero-order chi connectivity index (χ0) is 21.9. The number of rotatable bonds is 18. The van der Waals surface area contributed by atoms with Crippen molar-refractivity contribution >= 4 is 11.7 Å². The van der Waals surface area contributed by atoms with Crippen LogP contribution in [0.25, 0.3) is 0 Å². The number of unbranched alkanes of at least 4 members (excludes halogenated alkanes) is 9. The van der Waals surface area contributed by atoms with Gasteiger partial charge in [-0.2, -0.15) is 0 Å². The van der Waals surface area contributed by atoms with E-state index < -0.39 is 0 Å². The van der Waals surface area contributed by atoms with E-state index in [1.165, 1.54) is 57.8 Å². The Morgan fingerprint density at radius 2 is 1.53 bits per heavy atom. The number of para-hydroxylation sites is 1. The highest BCUT2D eigenvalue weighted by atomic mass is 16.5. The third kappa shape index (κ3) is 11.4. The summed E-state index contributed by atoms with van der Waals surface area (Å²) in [5, 5.41) is 3.52. The Balaban J connectivity index is 2.21. The van der Waals surface area contributed by atoms with Gasteiger partial charge in [0.15, 0.2) is 0 Å². The topological polar surface area (TPSA) is 38.3 Å². The Morgan fingerprint density at radius 1 is 0.900 bits per heavy atom. The summed E-state index contributed by atoms with van der Waals surface area (Å²) in [6.45, 7) is 7.51. The number of anilines is 1. The maximum absolute atomic E-state index is 12.3. The van der Waals surface area contributed by atoms with Crippen molar-refractivity contribution in [3.05, 3.63) is 42.0 Å². The van der Waals surface area contributed by atoms with Crippen molar-refractivity contribution in [1.29, 1.82) is 0 Å². The molecule has 1 N–H and O–H groups in total. The van der Waals surface area contributed by atoms with Crippen molar-refractivity contribution in [2.45, 2.75) is 104 Å². The fourth-order valence-electron chi connectivity index (χ4n) is 3.79. The fraction of sp³-hybridized carbons (Fsp3) is 0.667. The van der Waals surface area contributed by atoms with Gasteiger partial charge >= 0.3 is 5.97 Å². The molecular weight excluding hydrogens is 370 g/mol. The lowest BCUT2D eigenvalue weighted by Gasteiger charge is -2.18. The van der Waals surface area contributed by atoms with Crippen LogP contribution in [0.2, 0.25) is 0 Å². The molecule has 0 heterocycles. The minimum absolute atomic E-state index is 0.127. The van der Waals surface area contributed by atoms with Crippen molar-refractivity contribution in [2.75, 3.05) is 18.5 Å². The third-order valence-corrected chi connectivity index (χ3v) is 5.57. The van der Waals surface area contributed by atoms with Crippen LogP contribution in [0.15, 0.2) is 36.4 Å². The number of benzene rings is 1. The third-order valence-electron chi connectivity index (χ3n) is 5.57. The van der Waals surface area contributed by atoms with Gasteiger partial charge in [-0.15, -0.1) is 0 Å². The number of carbonyl (C=O) groups is 1. The predicted molar refractivity (Wildman–Crippen MR) is 130 cm³/mol. The molecule has 0 aliphatic carbocycles. The van der Waals surface area contributed by atoms with E-state index >= 15 is 0 Å². The molecule has 1 aromatic rings. The first-order valence-electron chi connectivity index (χ1n) is 12.4. The summed E-state index contributed by atoms with van der Waals surface area (Å²) in [6, 6.07) is 8.12. The lowest BCUT2D eigenvalue weighted by Crippen LogP contribution is -2.17. The Bertz CT molecular complexity index is 582. The molecule has 1 unspecified atom stereocenters. The summed E-state index contributed by atoms with van der Waals surface area (Å²) in [4.78, 5) is 12.3. The smallest absolute Gasteiger partial charge is 0.313 e. The molecule has 0 spiro atoms. The Morgan fingerprint density at radius 3 is 2.20 bits per heavy atom. The van der Waals surface area contributed by atoms with Crippen molar-refractivity contribution in [1.82, 2.24) is 0 Å². The summed E-state index contributed by atoms with van der Waals surface area (Å²) >= 11 is 0. The summed E-state index contributed by atoms with van der Waals surface area (Å²) in [7, 11) is 0. The molecule has 0 fully saturated rings. The molecule has 3 nitrogen and oxygen atoms in total. The van der Waals surface area contributed by atoms with Crippen LogP contribution in [0.3, 0.4) is 0 Å². The second-order valence-electron chi connectivity index (χ2n) is 8.10. The summed E-state index contributed by atoms with van der Waals surface area (Å²) < 4.78 is 5.26. The molecular formula is C27H45NO2. The van der Waals surface area contributed by atoms with E-state index in [-0.39, 0.29) is 11.9 Å². The van der Waals surface area contributed by atoms with Crippen LogP contribution in [0.4, 0.5) is 5.69 Å². The molecule has 1 aromatic carbocycles. The SMILES string of the molecule is CCCCCCCCCCC=CCCCNc1ccccc1C(CC)C(=O)OCC. The van der Waals surface area contributed by atoms with E-state index in [0.717, 1.165) is 37.1 Å². The number of ether oxygens (including phenoxy) is 1. The molecule has 0 aliphatic rings. The Hall–Kier alpha value is -1.77. The van der Waals surface area contributed by atoms with Gasteiger partial charge in [0.2, 0.25) is 0 Å². The summed E-state index contributed by atoms with van der Waals surface area (Å²) in [5.74, 6) is -0.321. The maximum Gasteiger partial charge on any atom is 0.313 e. The minimum atomic E-state index is -0.194. The molecule has 170 valence electrons. The molecule has 1 atom stereocenters. The van der Waals surface area contributed by atoms with E-state index in [1.54, 1.807) is 0 Å². The first kappa shape index (κ1) is 26.3. The maximum atomic E-state index is 12.3. The number of esters is 1. The number of allylic oxidation sites excluding steroid dienone is 2. The van der Waals surface area contributed by atoms with Gasteiger partial charge in [-0.05, 0) is 50.7 Å². The van der Waals surface area contributed by atoms with Crippen LogP contribution in [-0.4, -0.2) is 19.1 Å². The van der Waals surface area contributed by atoms with Crippen molar-refractivity contribution < 1.29 is 9.53 Å². The lowest BCUT2D eigenvalue weighted by atomic mass is 9.95. The minimum Gasteiger partial charge on any atom is -0.466 e. The van der Waals surface area contributed by atoms with Gasteiger partial charge in [0.05, 0.1) is 12.5 Å². The van der Waals surface area contributed by atoms with Gasteiger partial charge in [0.25, 0.3) is 0 Å². The molecule has 30 heavy (non-hydrogen) atoms. The van der Waals surface area contributed by atoms with E-state index in [1.807, 2.05) is 32.0 Å². The molecule has 1 rings (SSSR count). The predicted octanol–water partition coefficient (Wildman–Crippen LogP) is 8.02. The van der Waals surface area contributed by atoms with Crippen LogP contribution in [0, 0.1) is 0 Å². The van der Waals surface area contributed by atoms with Crippen molar-refractivity contribution in [2.24, 2.45) is 0 Å². The fourth-order valence-corrected chi connectivity index (χ4v) is 3.79. The molecule has 0 bridgehead atoms. The van der Waals surface area contributed by atoms with E-state index in [0.29, 0.717) is 6.61 Å². The van der Waals surface area contributed by atoms with Crippen LogP contribution in [-0.2, 0) is 9.53 Å². The lowest BCUT2D eigenvalue weighted by molar-refractivity contribution is -0.145. The zero-order valence-electron chi connectivity index (χ0n) is 19.8. The standard InChI is InChI=1S/C27H45NO2/c1-4-7-8-9-10-11-12-13-14-15-16-17-20-23-28-26-22-19-18-21-25(26)24(5-2)27(29)30-6-3/h15-16,18-19,21-22,24,28H,4-14,17,20,23H2,1-3H3. The molecule has 0 saturated heterocycles. The van der Waals surface area contributed by atoms with Gasteiger partial charge in [0.1, 0.15) is 0 Å². The zero-order valence-corrected chi connectivity index (χ0v) is 19.8. The molecule has 0 aliphatic heterocycles. The number of hydrogen-bond acceptors (Lipinski definition) is 3. The number of nitrogens with one attached hydrogen (secondary N) is 1. The summed E-state index contributed by atoms with van der Waals surface area (Å²) in [5.41, 5.74) is 2.10. The molecule has 3 heteroatoms. The molecule has 0 saturated carbocycles. The van der Waals surface area contributed by atoms with E-state index in [2.05, 4.69) is 30.5 Å². The number of hydrogen-bond donors (Lipinski definition) is 1. The second-order valence-corrected chi connectivity index (χ2v) is 8.10. The highest BCUT2D eigenvalue weighted by Gasteiger charge is 2.22. The molecule has 0 amide bonds. The first-order chi connectivity index (χ1) is 14.7. The highest BCUT2D eigenvalue weighted by molar-refractivity contribution is 5.80. The van der Waals surface area contributed by atoms with Crippen LogP contribution < -0.4 is 5.32 Å². The van der Waals surface area contributed by atoms with Crippen LogP contribution in [0.1, 0.15) is 109 Å². The highest BCUT2D eigenvalue weighted by Crippen LogP contribution is 2.28. The molecule has 0 radical (unpaired) electrons. The van der Waals surface area contributed by atoms with E-state index in [9.17, 15) is 4.79 Å². The Labute approximate surface area is 185 Å². The largest absolute Gasteiger partial charge is 0.466 e. The molecule has 0 aromatic heterocycles. The van der Waals surface area contributed by atoms with Crippen molar-refractivity contribution in [3.63, 3.8) is 0 Å².